The summed E-state index contributed by atoms with van der Waals surface area (Å²) in [6.07, 6.45) is 12.6. The molecule has 5 aliphatic carbocycles. The molecule has 0 heteroatoms. The van der Waals surface area contributed by atoms with Crippen LogP contribution in [0.3, 0.4) is 0 Å². The van der Waals surface area contributed by atoms with Gasteiger partial charge in [0.1, 0.15) is 0 Å². The fourth-order valence-electron chi connectivity index (χ4n) is 9.66. The first-order chi connectivity index (χ1) is 12.0. The third kappa shape index (κ3) is 2.24. The topological polar surface area (TPSA) is 0 Å². The van der Waals surface area contributed by atoms with E-state index in [-0.39, 0.29) is 0 Å². The summed E-state index contributed by atoms with van der Waals surface area (Å²) < 4.78 is 0. The van der Waals surface area contributed by atoms with E-state index in [1.807, 2.05) is 0 Å². The van der Waals surface area contributed by atoms with Crippen LogP contribution in [0.4, 0.5) is 0 Å². The molecule has 5 fully saturated rings. The van der Waals surface area contributed by atoms with E-state index in [4.69, 9.17) is 0 Å². The zero-order valence-electron chi connectivity index (χ0n) is 17.5. The predicted octanol–water partition coefficient (Wildman–Crippen LogP) is 7.04. The molecule has 0 aliphatic heterocycles. The molecule has 5 saturated carbocycles. The van der Waals surface area contributed by atoms with Gasteiger partial charge < -0.3 is 0 Å². The Morgan fingerprint density at radius 1 is 0.800 bits per heavy atom. The molecule has 0 bridgehead atoms. The summed E-state index contributed by atoms with van der Waals surface area (Å²) in [5.41, 5.74) is 0.843. The first-order valence-corrected chi connectivity index (χ1v) is 12.0. The van der Waals surface area contributed by atoms with Crippen molar-refractivity contribution < 1.29 is 0 Å². The Morgan fingerprint density at radius 3 is 2.00 bits per heavy atom. The maximum absolute atomic E-state index is 2.57. The Morgan fingerprint density at radius 2 is 1.40 bits per heavy atom. The molecule has 5 rings (SSSR count). The van der Waals surface area contributed by atoms with Crippen LogP contribution in [0.25, 0.3) is 0 Å². The van der Waals surface area contributed by atoms with Crippen LogP contribution in [0.1, 0.15) is 86.0 Å². The Bertz CT molecular complexity index is 504. The molecule has 0 nitrogen and oxygen atoms in total. The molecule has 0 aromatic rings. The van der Waals surface area contributed by atoms with Crippen molar-refractivity contribution in [3.05, 3.63) is 0 Å². The van der Waals surface area contributed by atoms with Gasteiger partial charge >= 0.3 is 0 Å². The second-order valence-corrected chi connectivity index (χ2v) is 11.8. The lowest BCUT2D eigenvalue weighted by molar-refractivity contribution is -0.106. The summed E-state index contributed by atoms with van der Waals surface area (Å²) in [6.45, 7) is 12.4. The molecule has 0 heterocycles. The second-order valence-electron chi connectivity index (χ2n) is 11.8. The lowest BCUT2D eigenvalue weighted by atomic mass is 9.44. The van der Waals surface area contributed by atoms with Gasteiger partial charge in [-0.2, -0.15) is 0 Å². The van der Waals surface area contributed by atoms with E-state index in [1.165, 1.54) is 12.8 Å². The zero-order chi connectivity index (χ0) is 17.5. The molecule has 0 saturated heterocycles. The molecule has 8 unspecified atom stereocenters. The van der Waals surface area contributed by atoms with Gasteiger partial charge in [-0.3, -0.25) is 0 Å². The van der Waals surface area contributed by atoms with E-state index in [0.717, 1.165) is 70.5 Å². The normalized spacial score (nSPS) is 59.3. The third-order valence-electron chi connectivity index (χ3n) is 10.7. The molecule has 142 valence electrons. The maximum Gasteiger partial charge on any atom is -0.0287 e. The van der Waals surface area contributed by atoms with Crippen LogP contribution in [-0.4, -0.2) is 0 Å². The monoisotopic (exact) mass is 342 g/mol. The fraction of sp³-hybridized carbons (Fsp3) is 1.00. The van der Waals surface area contributed by atoms with Crippen molar-refractivity contribution in [3.8, 4) is 0 Å². The van der Waals surface area contributed by atoms with Crippen LogP contribution >= 0.6 is 0 Å². The lowest BCUT2D eigenvalue weighted by Crippen LogP contribution is -2.51. The Kier molecular flexibility index (Phi) is 3.94. The third-order valence-corrected chi connectivity index (χ3v) is 10.7. The highest BCUT2D eigenvalue weighted by molar-refractivity contribution is 5.14. The van der Waals surface area contributed by atoms with Crippen LogP contribution in [0, 0.1) is 70.5 Å². The molecule has 5 aliphatic rings. The van der Waals surface area contributed by atoms with Crippen molar-refractivity contribution in [2.75, 3.05) is 0 Å². The van der Waals surface area contributed by atoms with E-state index in [9.17, 15) is 0 Å². The van der Waals surface area contributed by atoms with Crippen LogP contribution in [0.2, 0.25) is 0 Å². The Labute approximate surface area is 156 Å². The quantitative estimate of drug-likeness (QED) is 0.514. The molecular weight excluding hydrogens is 300 g/mol. The first-order valence-electron chi connectivity index (χ1n) is 12.0. The Hall–Kier alpha value is 0. The molecule has 0 N–H and O–H groups in total. The summed E-state index contributed by atoms with van der Waals surface area (Å²) in [5.74, 6) is 12.1. The highest BCUT2D eigenvalue weighted by Gasteiger charge is 2.66. The summed E-state index contributed by atoms with van der Waals surface area (Å²) in [6, 6.07) is 0. The number of hydrogen-bond donors (Lipinski definition) is 0. The van der Waals surface area contributed by atoms with Gasteiger partial charge in [0.2, 0.25) is 0 Å². The van der Waals surface area contributed by atoms with Gasteiger partial charge in [0, 0.05) is 0 Å². The Balaban J connectivity index is 1.24. The lowest BCUT2D eigenvalue weighted by Gasteiger charge is -2.61. The maximum atomic E-state index is 2.57. The average molecular weight is 343 g/mol. The van der Waals surface area contributed by atoms with E-state index in [0.29, 0.717) is 0 Å². The molecular formula is C25H42. The van der Waals surface area contributed by atoms with Gasteiger partial charge in [0.25, 0.3) is 0 Å². The van der Waals surface area contributed by atoms with Gasteiger partial charge in [-0.25, -0.2) is 0 Å². The second kappa shape index (κ2) is 5.75. The average Bonchev–Trinajstić information content (AvgIpc) is 2.95. The molecule has 0 aromatic heterocycles. The molecule has 0 radical (unpaired) electrons. The number of fused-ring (bicyclic) bond motifs is 4. The van der Waals surface area contributed by atoms with Gasteiger partial charge in [-0.05, 0) is 109 Å². The fourth-order valence-corrected chi connectivity index (χ4v) is 9.66. The van der Waals surface area contributed by atoms with E-state index >= 15 is 0 Å². The van der Waals surface area contributed by atoms with Crippen molar-refractivity contribution >= 4 is 0 Å². The number of rotatable bonds is 4. The SMILES string of the molecule is CCC1C(C)CC2C1C1CC(C3CC4(CC(C(C)C)C4)C3)C(CC)C21. The summed E-state index contributed by atoms with van der Waals surface area (Å²) in [7, 11) is 0. The first kappa shape index (κ1) is 17.1. The van der Waals surface area contributed by atoms with Crippen LogP contribution in [-0.2, 0) is 0 Å². The zero-order valence-corrected chi connectivity index (χ0v) is 17.5. The van der Waals surface area contributed by atoms with E-state index < -0.39 is 0 Å². The summed E-state index contributed by atoms with van der Waals surface area (Å²) >= 11 is 0. The molecule has 8 atom stereocenters. The minimum absolute atomic E-state index is 0.843. The highest BCUT2D eigenvalue weighted by Crippen LogP contribution is 2.73. The van der Waals surface area contributed by atoms with Crippen molar-refractivity contribution in [1.82, 2.24) is 0 Å². The molecule has 25 heavy (non-hydrogen) atoms. The molecule has 0 aromatic carbocycles. The van der Waals surface area contributed by atoms with Gasteiger partial charge in [-0.15, -0.1) is 0 Å². The largest absolute Gasteiger partial charge is 0.0651 e. The van der Waals surface area contributed by atoms with Crippen LogP contribution < -0.4 is 0 Å². The predicted molar refractivity (Wildman–Crippen MR) is 106 cm³/mol. The molecule has 1 spiro atoms. The van der Waals surface area contributed by atoms with Gasteiger partial charge in [0.05, 0.1) is 0 Å². The van der Waals surface area contributed by atoms with Crippen LogP contribution in [0.15, 0.2) is 0 Å². The highest BCUT2D eigenvalue weighted by atomic mass is 14.7. The van der Waals surface area contributed by atoms with Gasteiger partial charge in [-0.1, -0.05) is 47.5 Å². The summed E-state index contributed by atoms with van der Waals surface area (Å²) in [5, 5.41) is 0. The van der Waals surface area contributed by atoms with Crippen molar-refractivity contribution in [1.29, 1.82) is 0 Å². The van der Waals surface area contributed by atoms with E-state index in [1.54, 1.807) is 38.5 Å². The van der Waals surface area contributed by atoms with E-state index in [2.05, 4.69) is 34.6 Å². The standard InChI is InChI=1S/C25H42/c1-6-18-15(5)8-21-23(18)22-9-20(19(7-2)24(21)22)17-12-25(13-17)10-16(11-25)14(3)4/h14-24H,6-13H2,1-5H3. The minimum atomic E-state index is 0.843. The molecule has 0 amide bonds. The van der Waals surface area contributed by atoms with Crippen molar-refractivity contribution in [2.24, 2.45) is 70.5 Å². The van der Waals surface area contributed by atoms with Gasteiger partial charge in [0.15, 0.2) is 0 Å². The number of hydrogen-bond acceptors (Lipinski definition) is 0. The van der Waals surface area contributed by atoms with Crippen LogP contribution in [0.5, 0.6) is 0 Å². The minimum Gasteiger partial charge on any atom is -0.0651 e. The smallest absolute Gasteiger partial charge is 0.0287 e. The summed E-state index contributed by atoms with van der Waals surface area (Å²) in [4.78, 5) is 0. The van der Waals surface area contributed by atoms with Crippen molar-refractivity contribution in [3.63, 3.8) is 0 Å². The van der Waals surface area contributed by atoms with Crippen molar-refractivity contribution in [2.45, 2.75) is 86.0 Å².